The monoisotopic (exact) mass is 434 g/mol. The van der Waals surface area contributed by atoms with Crippen molar-refractivity contribution in [3.05, 3.63) is 65.8 Å². The maximum Gasteiger partial charge on any atom is 0.314 e. The Morgan fingerprint density at radius 3 is 2.48 bits per heavy atom. The molecule has 0 spiro atoms. The van der Waals surface area contributed by atoms with Crippen LogP contribution in [0.3, 0.4) is 0 Å². The van der Waals surface area contributed by atoms with Crippen LogP contribution in [0.5, 0.6) is 0 Å². The smallest absolute Gasteiger partial charge is 0.314 e. The highest BCUT2D eigenvalue weighted by Gasteiger charge is 2.50. The molecule has 1 fully saturated rings. The maximum absolute atomic E-state index is 15.0. The van der Waals surface area contributed by atoms with E-state index in [4.69, 9.17) is 4.42 Å². The van der Waals surface area contributed by atoms with Gasteiger partial charge in [0.05, 0.1) is 6.54 Å². The summed E-state index contributed by atoms with van der Waals surface area (Å²) in [6, 6.07) is 12.3. The molecule has 162 valence electrons. The van der Waals surface area contributed by atoms with E-state index in [2.05, 4.69) is 10.2 Å². The van der Waals surface area contributed by atoms with Gasteiger partial charge in [-0.1, -0.05) is 24.3 Å². The van der Waals surface area contributed by atoms with E-state index in [0.717, 1.165) is 6.07 Å². The van der Waals surface area contributed by atoms with Gasteiger partial charge in [-0.15, -0.1) is 10.2 Å². The number of likely N-dealkylation sites (tertiary alicyclic amines) is 1. The van der Waals surface area contributed by atoms with Crippen molar-refractivity contribution in [1.29, 1.82) is 0 Å². The summed E-state index contributed by atoms with van der Waals surface area (Å²) in [6.07, 6.45) is -2.94. The Kier molecular flexibility index (Phi) is 5.48. The number of anilines is 1. The molecule has 0 aliphatic carbocycles. The number of benzene rings is 2. The first-order valence-electron chi connectivity index (χ1n) is 9.42. The van der Waals surface area contributed by atoms with Gasteiger partial charge in [0.2, 0.25) is 11.6 Å². The van der Waals surface area contributed by atoms with Gasteiger partial charge in [0, 0.05) is 29.9 Å². The van der Waals surface area contributed by atoms with Gasteiger partial charge in [-0.25, -0.2) is 8.78 Å². The van der Waals surface area contributed by atoms with Gasteiger partial charge >= 0.3 is 6.43 Å². The molecule has 1 amide bonds. The van der Waals surface area contributed by atoms with Crippen molar-refractivity contribution in [2.75, 3.05) is 25.0 Å². The van der Waals surface area contributed by atoms with Crippen molar-refractivity contribution in [3.8, 4) is 11.5 Å². The summed E-state index contributed by atoms with van der Waals surface area (Å²) in [6.45, 7) is -0.295. The van der Waals surface area contributed by atoms with E-state index in [9.17, 15) is 18.0 Å². The second-order valence-electron chi connectivity index (χ2n) is 7.42. The minimum Gasteiger partial charge on any atom is -0.415 e. The van der Waals surface area contributed by atoms with Gasteiger partial charge in [-0.05, 0) is 31.3 Å². The lowest BCUT2D eigenvalue weighted by Gasteiger charge is -2.43. The molecule has 0 atom stereocenters. The fourth-order valence-electron chi connectivity index (χ4n) is 3.49. The Hall–Kier alpha value is -3.27. The van der Waals surface area contributed by atoms with E-state index in [1.807, 2.05) is 0 Å². The first-order valence-corrected chi connectivity index (χ1v) is 9.42. The largest absolute Gasteiger partial charge is 0.415 e. The van der Waals surface area contributed by atoms with Crippen LogP contribution in [-0.4, -0.2) is 46.8 Å². The molecule has 3 aromatic rings. The second kappa shape index (κ2) is 8.10. The topological polar surface area (TPSA) is 62.5 Å². The molecule has 0 unspecified atom stereocenters. The number of hydrogen-bond acceptors (Lipinski definition) is 5. The molecule has 1 aliphatic rings. The molecule has 0 radical (unpaired) electrons. The Balaban J connectivity index is 1.61. The number of hydrogen-bond donors (Lipinski definition) is 0. The average Bonchev–Trinajstić information content (AvgIpc) is 3.23. The molecule has 4 rings (SSSR count). The Morgan fingerprint density at radius 1 is 1.19 bits per heavy atom. The summed E-state index contributed by atoms with van der Waals surface area (Å²) in [7, 11) is 1.70. The van der Waals surface area contributed by atoms with Gasteiger partial charge in [0.25, 0.3) is 11.8 Å². The molecule has 1 aliphatic heterocycles. The number of amides is 1. The lowest BCUT2D eigenvalue weighted by molar-refractivity contribution is -0.140. The van der Waals surface area contributed by atoms with Crippen LogP contribution in [0.25, 0.3) is 11.5 Å². The molecule has 2 aromatic carbocycles. The van der Waals surface area contributed by atoms with Crippen LogP contribution in [0.1, 0.15) is 17.9 Å². The lowest BCUT2D eigenvalue weighted by atomic mass is 9.94. The molecule has 2 heterocycles. The number of para-hydroxylation sites is 1. The molecular weight excluding hydrogens is 416 g/mol. The summed E-state index contributed by atoms with van der Waals surface area (Å²) < 4.78 is 59.9. The zero-order valence-electron chi connectivity index (χ0n) is 16.4. The summed E-state index contributed by atoms with van der Waals surface area (Å²) >= 11 is 0. The third-order valence-electron chi connectivity index (χ3n) is 4.99. The third-order valence-corrected chi connectivity index (χ3v) is 4.99. The predicted molar refractivity (Wildman–Crippen MR) is 104 cm³/mol. The summed E-state index contributed by atoms with van der Waals surface area (Å²) in [4.78, 5) is 15.8. The normalized spacial score (nSPS) is 15.7. The standard InChI is InChI=1S/C21H18F4N4O2/c1-28-11-21(25,12-28)20(30)29(15-5-3-2-4-6-15)10-14-8-7-13(9-16(14)22)18-26-27-19(31-18)17(23)24/h2-9,17H,10-12H2,1H3. The number of carbonyl (C=O) groups excluding carboxylic acids is 1. The van der Waals surface area contributed by atoms with Gasteiger partial charge in [0.1, 0.15) is 5.82 Å². The van der Waals surface area contributed by atoms with Crippen molar-refractivity contribution >= 4 is 11.6 Å². The summed E-state index contributed by atoms with van der Waals surface area (Å²) in [5, 5.41) is 6.71. The lowest BCUT2D eigenvalue weighted by Crippen LogP contribution is -2.65. The van der Waals surface area contributed by atoms with E-state index in [1.165, 1.54) is 17.0 Å². The van der Waals surface area contributed by atoms with Gasteiger partial charge in [-0.3, -0.25) is 9.69 Å². The maximum atomic E-state index is 15.0. The van der Waals surface area contributed by atoms with Crippen LogP contribution in [0, 0.1) is 5.82 Å². The Bertz CT molecular complexity index is 1080. The molecule has 0 saturated carbocycles. The van der Waals surface area contributed by atoms with Crippen LogP contribution < -0.4 is 4.90 Å². The van der Waals surface area contributed by atoms with E-state index >= 15 is 4.39 Å². The first-order chi connectivity index (χ1) is 14.8. The fraction of sp³-hybridized carbons (Fsp3) is 0.286. The molecule has 1 saturated heterocycles. The molecule has 10 heteroatoms. The van der Waals surface area contributed by atoms with E-state index < -0.39 is 29.7 Å². The number of rotatable bonds is 6. The number of aromatic nitrogens is 2. The fourth-order valence-corrected chi connectivity index (χ4v) is 3.49. The quantitative estimate of drug-likeness (QED) is 0.549. The minimum atomic E-state index is -2.94. The van der Waals surface area contributed by atoms with E-state index in [1.54, 1.807) is 42.3 Å². The third kappa shape index (κ3) is 4.15. The Morgan fingerprint density at radius 2 is 1.90 bits per heavy atom. The Labute approximate surface area is 175 Å². The highest BCUT2D eigenvalue weighted by molar-refractivity contribution is 6.00. The zero-order valence-corrected chi connectivity index (χ0v) is 16.4. The van der Waals surface area contributed by atoms with Gasteiger partial charge < -0.3 is 9.32 Å². The average molecular weight is 434 g/mol. The highest BCUT2D eigenvalue weighted by atomic mass is 19.3. The van der Waals surface area contributed by atoms with Crippen LogP contribution in [-0.2, 0) is 11.3 Å². The van der Waals surface area contributed by atoms with Crippen molar-refractivity contribution in [1.82, 2.24) is 15.1 Å². The SMILES string of the molecule is CN1CC(F)(C(=O)N(Cc2ccc(-c3nnc(C(F)F)o3)cc2F)c2ccccc2)C1. The highest BCUT2D eigenvalue weighted by Crippen LogP contribution is 2.31. The zero-order chi connectivity index (χ0) is 22.2. The van der Waals surface area contributed by atoms with Crippen LogP contribution in [0.4, 0.5) is 23.2 Å². The predicted octanol–water partition coefficient (Wildman–Crippen LogP) is 4.00. The van der Waals surface area contributed by atoms with E-state index in [0.29, 0.717) is 5.69 Å². The van der Waals surface area contributed by atoms with Gasteiger partial charge in [0.15, 0.2) is 0 Å². The van der Waals surface area contributed by atoms with Crippen LogP contribution >= 0.6 is 0 Å². The molecule has 6 nitrogen and oxygen atoms in total. The molecule has 0 N–H and O–H groups in total. The number of halogens is 4. The van der Waals surface area contributed by atoms with Crippen molar-refractivity contribution in [2.24, 2.45) is 0 Å². The molecule has 31 heavy (non-hydrogen) atoms. The summed E-state index contributed by atoms with van der Waals surface area (Å²) in [5.41, 5.74) is -1.39. The molecular formula is C21H18F4N4O2. The van der Waals surface area contributed by atoms with Crippen LogP contribution in [0.15, 0.2) is 52.9 Å². The number of alkyl halides is 3. The molecule has 1 aromatic heterocycles. The summed E-state index contributed by atoms with van der Waals surface area (Å²) in [5.74, 6) is -2.59. The molecule has 0 bridgehead atoms. The van der Waals surface area contributed by atoms with Crippen LogP contribution in [0.2, 0.25) is 0 Å². The second-order valence-corrected chi connectivity index (χ2v) is 7.42. The first kappa shape index (κ1) is 21.0. The van der Waals surface area contributed by atoms with Crippen molar-refractivity contribution in [2.45, 2.75) is 18.6 Å². The minimum absolute atomic E-state index is 0.0414. The number of carbonyl (C=O) groups is 1. The van der Waals surface area contributed by atoms with Crippen molar-refractivity contribution < 1.29 is 26.8 Å². The van der Waals surface area contributed by atoms with Gasteiger partial charge in [-0.2, -0.15) is 8.78 Å². The van der Waals surface area contributed by atoms with E-state index in [-0.39, 0.29) is 36.7 Å². The van der Waals surface area contributed by atoms with Crippen molar-refractivity contribution in [3.63, 3.8) is 0 Å². The number of nitrogens with zero attached hydrogens (tertiary/aromatic N) is 4.